The van der Waals surface area contributed by atoms with Crippen LogP contribution < -0.4 is 16.2 Å². The lowest BCUT2D eigenvalue weighted by molar-refractivity contribution is -0.0298. The molecule has 12 heteroatoms. The van der Waals surface area contributed by atoms with Crippen molar-refractivity contribution in [2.24, 2.45) is 0 Å². The zero-order chi connectivity index (χ0) is 27.6. The molecule has 1 amide bonds. The average Bonchev–Trinajstić information content (AvgIpc) is 3.41. The van der Waals surface area contributed by atoms with E-state index in [0.717, 1.165) is 25.3 Å². The van der Waals surface area contributed by atoms with Gasteiger partial charge in [-0.15, -0.1) is 0 Å². The molecule has 1 unspecified atom stereocenters. The van der Waals surface area contributed by atoms with Crippen molar-refractivity contribution in [2.45, 2.75) is 25.5 Å². The normalized spacial score (nSPS) is 15.2. The number of nitrogens with zero attached hydrogens (tertiary/aromatic N) is 5. The topological polar surface area (TPSA) is 116 Å². The SMILES string of the molecule is O=C(Nc1ccc(Nc2ncnc3c2ncn3C2CCCCO2)c(F)c1)c1cccn(-c2ccc(F)cc2)c1=O. The van der Waals surface area contributed by atoms with Crippen molar-refractivity contribution in [3.63, 3.8) is 0 Å². The Morgan fingerprint density at radius 3 is 2.65 bits per heavy atom. The quantitative estimate of drug-likeness (QED) is 0.311. The summed E-state index contributed by atoms with van der Waals surface area (Å²) in [5, 5.41) is 5.50. The van der Waals surface area contributed by atoms with Crippen molar-refractivity contribution in [1.82, 2.24) is 24.1 Å². The van der Waals surface area contributed by atoms with Gasteiger partial charge in [0.1, 0.15) is 29.8 Å². The van der Waals surface area contributed by atoms with Gasteiger partial charge in [0.15, 0.2) is 17.0 Å². The number of anilines is 3. The number of nitrogens with one attached hydrogen (secondary N) is 2. The van der Waals surface area contributed by atoms with Crippen LogP contribution in [0.3, 0.4) is 0 Å². The molecule has 1 fully saturated rings. The highest BCUT2D eigenvalue weighted by atomic mass is 19.1. The van der Waals surface area contributed by atoms with Crippen LogP contribution in [0.5, 0.6) is 0 Å². The Bertz CT molecular complexity index is 1760. The molecule has 1 aliphatic rings. The van der Waals surface area contributed by atoms with Crippen molar-refractivity contribution in [1.29, 1.82) is 0 Å². The average molecular weight is 544 g/mol. The molecule has 0 saturated carbocycles. The van der Waals surface area contributed by atoms with Crippen molar-refractivity contribution in [3.8, 4) is 5.69 Å². The van der Waals surface area contributed by atoms with E-state index in [2.05, 4.69) is 25.6 Å². The number of rotatable bonds is 6. The fourth-order valence-corrected chi connectivity index (χ4v) is 4.59. The van der Waals surface area contributed by atoms with Crippen LogP contribution in [0.2, 0.25) is 0 Å². The Hall–Kier alpha value is -4.97. The summed E-state index contributed by atoms with van der Waals surface area (Å²) in [6.07, 6.45) is 7.24. The fraction of sp³-hybridized carbons (Fsp3) is 0.179. The summed E-state index contributed by atoms with van der Waals surface area (Å²) in [7, 11) is 0. The standard InChI is InChI=1S/C28H23F2N7O3/c29-17-6-9-19(10-7-17)36-12-3-4-20(28(36)39)27(38)34-18-8-11-22(21(30)14-18)35-25-24-26(32-15-31-25)37(16-33-24)23-5-1-2-13-40-23/h3-4,6-12,14-16,23H,1-2,5,13H2,(H,34,38)(H,31,32,35). The molecule has 1 saturated heterocycles. The Morgan fingerprint density at radius 2 is 1.88 bits per heavy atom. The van der Waals surface area contributed by atoms with E-state index in [1.807, 2.05) is 4.57 Å². The van der Waals surface area contributed by atoms with Gasteiger partial charge < -0.3 is 15.4 Å². The van der Waals surface area contributed by atoms with Crippen molar-refractivity contribution >= 4 is 34.3 Å². The van der Waals surface area contributed by atoms with Gasteiger partial charge in [-0.1, -0.05) is 0 Å². The third-order valence-corrected chi connectivity index (χ3v) is 6.60. The number of carbonyl (C=O) groups is 1. The van der Waals surface area contributed by atoms with E-state index in [4.69, 9.17) is 4.74 Å². The van der Waals surface area contributed by atoms with Gasteiger partial charge in [0.25, 0.3) is 11.5 Å². The lowest BCUT2D eigenvalue weighted by Gasteiger charge is -2.23. The van der Waals surface area contributed by atoms with Gasteiger partial charge in [-0.2, -0.15) is 0 Å². The number of hydrogen-bond donors (Lipinski definition) is 2. The molecular formula is C28H23F2N7O3. The molecule has 6 rings (SSSR count). The number of benzene rings is 2. The molecule has 202 valence electrons. The summed E-state index contributed by atoms with van der Waals surface area (Å²) < 4.78 is 37.3. The van der Waals surface area contributed by atoms with E-state index in [0.29, 0.717) is 29.3 Å². The van der Waals surface area contributed by atoms with Crippen LogP contribution in [0, 0.1) is 11.6 Å². The maximum absolute atomic E-state index is 15.1. The van der Waals surface area contributed by atoms with Gasteiger partial charge in [0, 0.05) is 24.2 Å². The summed E-state index contributed by atoms with van der Waals surface area (Å²) in [4.78, 5) is 38.8. The van der Waals surface area contributed by atoms with Crippen LogP contribution in [-0.4, -0.2) is 36.6 Å². The number of fused-ring (bicyclic) bond motifs is 1. The summed E-state index contributed by atoms with van der Waals surface area (Å²) >= 11 is 0. The van der Waals surface area contributed by atoms with Crippen LogP contribution in [0.25, 0.3) is 16.9 Å². The minimum atomic E-state index is -0.713. The van der Waals surface area contributed by atoms with Crippen LogP contribution in [0.15, 0.2) is 78.2 Å². The molecule has 3 aromatic heterocycles. The van der Waals surface area contributed by atoms with Gasteiger partial charge in [-0.25, -0.2) is 23.7 Å². The van der Waals surface area contributed by atoms with E-state index in [1.54, 1.807) is 6.33 Å². The van der Waals surface area contributed by atoms with Gasteiger partial charge in [0.2, 0.25) is 0 Å². The third-order valence-electron chi connectivity index (χ3n) is 6.60. The molecule has 2 N–H and O–H groups in total. The number of halogens is 2. The Balaban J connectivity index is 1.20. The summed E-state index contributed by atoms with van der Waals surface area (Å²) in [6.45, 7) is 0.670. The summed E-state index contributed by atoms with van der Waals surface area (Å²) in [5.41, 5.74) is 0.942. The first-order valence-corrected chi connectivity index (χ1v) is 12.6. The molecular weight excluding hydrogens is 520 g/mol. The third kappa shape index (κ3) is 4.92. The molecule has 0 radical (unpaired) electrons. The maximum Gasteiger partial charge on any atom is 0.267 e. The molecule has 0 spiro atoms. The van der Waals surface area contributed by atoms with Gasteiger partial charge in [-0.3, -0.25) is 18.7 Å². The van der Waals surface area contributed by atoms with Crippen LogP contribution in [0.4, 0.5) is 26.0 Å². The highest BCUT2D eigenvalue weighted by Crippen LogP contribution is 2.29. The number of aromatic nitrogens is 5. The molecule has 0 bridgehead atoms. The van der Waals surface area contributed by atoms with Crippen molar-refractivity contribution < 1.29 is 18.3 Å². The second-order valence-corrected chi connectivity index (χ2v) is 9.21. The van der Waals surface area contributed by atoms with Gasteiger partial charge >= 0.3 is 0 Å². The number of hydrogen-bond acceptors (Lipinski definition) is 7. The smallest absolute Gasteiger partial charge is 0.267 e. The molecule has 10 nitrogen and oxygen atoms in total. The van der Waals surface area contributed by atoms with Crippen molar-refractivity contribution in [3.05, 3.63) is 101 Å². The van der Waals surface area contributed by atoms with Crippen LogP contribution in [0.1, 0.15) is 35.8 Å². The van der Waals surface area contributed by atoms with Gasteiger partial charge in [0.05, 0.1) is 12.0 Å². The molecule has 0 aliphatic carbocycles. The first-order valence-electron chi connectivity index (χ1n) is 12.6. The molecule has 40 heavy (non-hydrogen) atoms. The molecule has 1 atom stereocenters. The summed E-state index contributed by atoms with van der Waals surface area (Å²) in [5.74, 6) is -1.50. The second kappa shape index (κ2) is 10.7. The lowest BCUT2D eigenvalue weighted by atomic mass is 10.2. The first-order chi connectivity index (χ1) is 19.5. The van der Waals surface area contributed by atoms with Crippen LogP contribution >= 0.6 is 0 Å². The highest BCUT2D eigenvalue weighted by molar-refractivity contribution is 6.04. The minimum Gasteiger partial charge on any atom is -0.358 e. The molecule has 5 aromatic rings. The summed E-state index contributed by atoms with van der Waals surface area (Å²) in [6, 6.07) is 12.3. The van der Waals surface area contributed by atoms with Crippen LogP contribution in [-0.2, 0) is 4.74 Å². The predicted octanol–water partition coefficient (Wildman–Crippen LogP) is 4.95. The van der Waals surface area contributed by atoms with Gasteiger partial charge in [-0.05, 0) is 73.9 Å². The highest BCUT2D eigenvalue weighted by Gasteiger charge is 2.21. The first kappa shape index (κ1) is 25.3. The van der Waals surface area contributed by atoms with E-state index in [-0.39, 0.29) is 23.2 Å². The fourth-order valence-electron chi connectivity index (χ4n) is 4.59. The number of pyridine rings is 1. The number of amides is 1. The van der Waals surface area contributed by atoms with Crippen molar-refractivity contribution in [2.75, 3.05) is 17.2 Å². The number of carbonyl (C=O) groups excluding carboxylic acids is 1. The Morgan fingerprint density at radius 1 is 1.02 bits per heavy atom. The number of ether oxygens (including phenoxy) is 1. The zero-order valence-corrected chi connectivity index (χ0v) is 21.1. The second-order valence-electron chi connectivity index (χ2n) is 9.21. The van der Waals surface area contributed by atoms with E-state index < -0.39 is 23.1 Å². The predicted molar refractivity (Wildman–Crippen MR) is 144 cm³/mol. The molecule has 2 aromatic carbocycles. The van der Waals surface area contributed by atoms with E-state index in [1.165, 1.54) is 65.6 Å². The Kier molecular flexibility index (Phi) is 6.74. The zero-order valence-electron chi connectivity index (χ0n) is 21.1. The Labute approximate surface area is 226 Å². The lowest BCUT2D eigenvalue weighted by Crippen LogP contribution is -2.27. The van der Waals surface area contributed by atoms with E-state index >= 15 is 4.39 Å². The minimum absolute atomic E-state index is 0.111. The molecule has 4 heterocycles. The largest absolute Gasteiger partial charge is 0.358 e. The molecule has 1 aliphatic heterocycles. The van der Waals surface area contributed by atoms with E-state index in [9.17, 15) is 14.0 Å². The number of imidazole rings is 1. The maximum atomic E-state index is 15.1. The monoisotopic (exact) mass is 543 g/mol.